The maximum absolute atomic E-state index is 12.1. The van der Waals surface area contributed by atoms with Gasteiger partial charge in [-0.1, -0.05) is 11.6 Å². The van der Waals surface area contributed by atoms with Gasteiger partial charge in [-0.25, -0.2) is 14.4 Å². The molecule has 0 radical (unpaired) electrons. The number of methoxy groups -OCH3 is 3. The molecule has 2 aromatic carbocycles. The maximum atomic E-state index is 12.1. The molecule has 0 amide bonds. The third-order valence-electron chi connectivity index (χ3n) is 4.35. The highest BCUT2D eigenvalue weighted by atomic mass is 35.5. The van der Waals surface area contributed by atoms with Crippen LogP contribution in [0.4, 0.5) is 11.4 Å². The molecule has 1 aromatic heterocycles. The minimum absolute atomic E-state index is 0.160. The van der Waals surface area contributed by atoms with Gasteiger partial charge in [0.05, 0.1) is 43.2 Å². The number of ether oxygens (including phenoxy) is 3. The zero-order valence-electron chi connectivity index (χ0n) is 17.1. The van der Waals surface area contributed by atoms with Gasteiger partial charge < -0.3 is 24.8 Å². The van der Waals surface area contributed by atoms with Gasteiger partial charge in [-0.15, -0.1) is 11.3 Å². The van der Waals surface area contributed by atoms with Crippen molar-refractivity contribution in [1.82, 2.24) is 0 Å². The van der Waals surface area contributed by atoms with Crippen molar-refractivity contribution in [3.63, 3.8) is 0 Å². The minimum Gasteiger partial charge on any atom is -0.465 e. The summed E-state index contributed by atoms with van der Waals surface area (Å²) >= 11 is 12.8. The molecule has 0 unspecified atom stereocenters. The summed E-state index contributed by atoms with van der Waals surface area (Å²) in [5, 5.41) is 7.09. The number of esters is 3. The van der Waals surface area contributed by atoms with Gasteiger partial charge in [0.1, 0.15) is 4.88 Å². The Kier molecular flexibility index (Phi) is 7.29. The second kappa shape index (κ2) is 9.94. The normalized spacial score (nSPS) is 10.4. The zero-order chi connectivity index (χ0) is 23.4. The first-order valence-electron chi connectivity index (χ1n) is 8.98. The van der Waals surface area contributed by atoms with Crippen LogP contribution in [0.3, 0.4) is 0 Å². The van der Waals surface area contributed by atoms with Gasteiger partial charge in [-0.3, -0.25) is 0 Å². The quantitative estimate of drug-likeness (QED) is 0.297. The number of hydrogen-bond donors (Lipinski definition) is 2. The molecule has 0 spiro atoms. The van der Waals surface area contributed by atoms with E-state index in [4.69, 9.17) is 38.0 Å². The number of hydrogen-bond acceptors (Lipinski definition) is 8. The van der Waals surface area contributed by atoms with Crippen LogP contribution in [0, 0.1) is 0 Å². The molecule has 0 aliphatic carbocycles. The fourth-order valence-corrected chi connectivity index (χ4v) is 4.53. The van der Waals surface area contributed by atoms with Crippen molar-refractivity contribution in [2.75, 3.05) is 32.0 Å². The summed E-state index contributed by atoms with van der Waals surface area (Å²) in [5.41, 5.74) is 1.31. The van der Waals surface area contributed by atoms with Crippen molar-refractivity contribution in [3.05, 3.63) is 57.4 Å². The predicted octanol–water partition coefficient (Wildman–Crippen LogP) is 4.72. The number of carbonyl (C=O) groups is 3. The number of nitrogens with one attached hydrogen (secondary N) is 2. The lowest BCUT2D eigenvalue weighted by Gasteiger charge is -2.14. The fraction of sp³-hybridized carbons (Fsp3) is 0.143. The molecule has 3 rings (SSSR count). The number of thiocarbonyl (C=S) groups is 1. The maximum Gasteiger partial charge on any atom is 0.349 e. The highest BCUT2D eigenvalue weighted by Gasteiger charge is 2.19. The first kappa shape index (κ1) is 23.5. The van der Waals surface area contributed by atoms with E-state index in [1.54, 1.807) is 18.2 Å². The molecule has 0 aliphatic rings. The van der Waals surface area contributed by atoms with E-state index >= 15 is 0 Å². The minimum atomic E-state index is -0.600. The smallest absolute Gasteiger partial charge is 0.349 e. The van der Waals surface area contributed by atoms with Crippen LogP contribution in [-0.4, -0.2) is 44.3 Å². The lowest BCUT2D eigenvalue weighted by atomic mass is 10.1. The fourth-order valence-electron chi connectivity index (χ4n) is 2.83. The Morgan fingerprint density at radius 1 is 0.906 bits per heavy atom. The van der Waals surface area contributed by atoms with Gasteiger partial charge in [-0.05, 0) is 48.6 Å². The second-order valence-corrected chi connectivity index (χ2v) is 8.11. The van der Waals surface area contributed by atoms with Gasteiger partial charge in [0.25, 0.3) is 0 Å². The molecule has 8 nitrogen and oxygen atoms in total. The molecule has 166 valence electrons. The third kappa shape index (κ3) is 4.82. The van der Waals surface area contributed by atoms with Crippen LogP contribution >= 0.6 is 35.2 Å². The van der Waals surface area contributed by atoms with Crippen LogP contribution in [0.25, 0.3) is 10.1 Å². The van der Waals surface area contributed by atoms with Gasteiger partial charge in [-0.2, -0.15) is 0 Å². The monoisotopic (exact) mass is 492 g/mol. The Morgan fingerprint density at radius 2 is 1.59 bits per heavy atom. The SMILES string of the molecule is COC(=O)c1ccc(C(=O)OC)c(NC(=S)Nc2ccc3c(Cl)c(C(=O)OC)sc3c2)c1. The molecule has 2 N–H and O–H groups in total. The molecule has 1 heterocycles. The average molecular weight is 493 g/mol. The number of anilines is 2. The molecule has 0 saturated heterocycles. The lowest BCUT2D eigenvalue weighted by Crippen LogP contribution is -2.21. The van der Waals surface area contributed by atoms with Gasteiger partial charge in [0.2, 0.25) is 0 Å². The van der Waals surface area contributed by atoms with Crippen molar-refractivity contribution < 1.29 is 28.6 Å². The molecule has 0 fully saturated rings. The van der Waals surface area contributed by atoms with Crippen molar-refractivity contribution in [2.24, 2.45) is 0 Å². The van der Waals surface area contributed by atoms with Gasteiger partial charge in [0, 0.05) is 15.8 Å². The van der Waals surface area contributed by atoms with Crippen molar-refractivity contribution in [3.8, 4) is 0 Å². The zero-order valence-corrected chi connectivity index (χ0v) is 19.5. The van der Waals surface area contributed by atoms with Crippen LogP contribution in [0.5, 0.6) is 0 Å². The van der Waals surface area contributed by atoms with Gasteiger partial charge in [0.15, 0.2) is 5.11 Å². The number of carbonyl (C=O) groups excluding carboxylic acids is 3. The van der Waals surface area contributed by atoms with Crippen LogP contribution in [0.2, 0.25) is 5.02 Å². The summed E-state index contributed by atoms with van der Waals surface area (Å²) in [6.45, 7) is 0. The summed E-state index contributed by atoms with van der Waals surface area (Å²) < 4.78 is 15.0. The van der Waals surface area contributed by atoms with Crippen LogP contribution in [0.1, 0.15) is 30.4 Å². The van der Waals surface area contributed by atoms with Crippen LogP contribution in [-0.2, 0) is 14.2 Å². The molecular weight excluding hydrogens is 476 g/mol. The third-order valence-corrected chi connectivity index (χ3v) is 6.19. The number of thiophene rings is 1. The lowest BCUT2D eigenvalue weighted by molar-refractivity contribution is 0.0587. The topological polar surface area (TPSA) is 103 Å². The molecule has 0 bridgehead atoms. The number of halogens is 1. The van der Waals surface area contributed by atoms with Crippen molar-refractivity contribution in [1.29, 1.82) is 0 Å². The number of rotatable bonds is 5. The van der Waals surface area contributed by atoms with E-state index in [-0.39, 0.29) is 21.9 Å². The van der Waals surface area contributed by atoms with E-state index < -0.39 is 17.9 Å². The first-order chi connectivity index (χ1) is 15.3. The summed E-state index contributed by atoms with van der Waals surface area (Å²) in [4.78, 5) is 36.1. The van der Waals surface area contributed by atoms with Crippen molar-refractivity contribution in [2.45, 2.75) is 0 Å². The molecule has 3 aromatic rings. The Bertz CT molecular complexity index is 1240. The largest absolute Gasteiger partial charge is 0.465 e. The molecule has 0 saturated carbocycles. The van der Waals surface area contributed by atoms with E-state index in [0.29, 0.717) is 21.0 Å². The van der Waals surface area contributed by atoms with Crippen molar-refractivity contribution >= 4 is 79.6 Å². The van der Waals surface area contributed by atoms with E-state index in [1.807, 2.05) is 0 Å². The molecular formula is C21H17ClN2O6S2. The highest BCUT2D eigenvalue weighted by molar-refractivity contribution is 7.80. The summed E-state index contributed by atoms with van der Waals surface area (Å²) in [5.74, 6) is -1.68. The van der Waals surface area contributed by atoms with Crippen LogP contribution in [0.15, 0.2) is 36.4 Å². The summed E-state index contributed by atoms with van der Waals surface area (Å²) in [6, 6.07) is 9.60. The Labute approximate surface area is 197 Å². The molecule has 32 heavy (non-hydrogen) atoms. The highest BCUT2D eigenvalue weighted by Crippen LogP contribution is 2.37. The van der Waals surface area contributed by atoms with E-state index in [2.05, 4.69) is 10.6 Å². The molecule has 11 heteroatoms. The Morgan fingerprint density at radius 3 is 2.25 bits per heavy atom. The van der Waals surface area contributed by atoms with Crippen LogP contribution < -0.4 is 10.6 Å². The standard InChI is InChI=1S/C21H17ClN2O6S2/c1-28-18(25)10-4-6-12(19(26)29-2)14(8-10)24-21(31)23-11-5-7-13-15(9-11)32-17(16(13)22)20(27)30-3/h4-9H,1-3H3,(H2,23,24,31). The summed E-state index contributed by atoms with van der Waals surface area (Å²) in [6.07, 6.45) is 0. The second-order valence-electron chi connectivity index (χ2n) is 6.27. The Balaban J connectivity index is 1.86. The van der Waals surface area contributed by atoms with E-state index in [1.165, 1.54) is 50.9 Å². The van der Waals surface area contributed by atoms with Gasteiger partial charge >= 0.3 is 17.9 Å². The Hall–Kier alpha value is -3.21. The average Bonchev–Trinajstić information content (AvgIpc) is 3.12. The molecule has 0 aliphatic heterocycles. The van der Waals surface area contributed by atoms with E-state index in [0.717, 1.165) is 4.70 Å². The summed E-state index contributed by atoms with van der Waals surface area (Å²) in [7, 11) is 3.80. The predicted molar refractivity (Wildman–Crippen MR) is 127 cm³/mol. The first-order valence-corrected chi connectivity index (χ1v) is 10.6. The number of benzene rings is 2. The number of fused-ring (bicyclic) bond motifs is 1. The van der Waals surface area contributed by atoms with E-state index in [9.17, 15) is 14.4 Å². The molecule has 0 atom stereocenters.